The van der Waals surface area contributed by atoms with Gasteiger partial charge in [0.25, 0.3) is 5.91 Å². The molecule has 0 fully saturated rings. The Kier molecular flexibility index (Phi) is 5.19. The average molecular weight is 360 g/mol. The zero-order valence-electron chi connectivity index (χ0n) is 14.0. The standard InChI is InChI=1S/C18H18ClN3O3/c1-3-9-22(18(23)16-12(2)8-10-24-16)11-15-20-21-17(25-15)13-6-4-5-7-14(13)19/h4-8,10H,3,9,11H2,1-2H3. The molecule has 0 bridgehead atoms. The monoisotopic (exact) mass is 359 g/mol. The number of hydrogen-bond acceptors (Lipinski definition) is 5. The van der Waals surface area contributed by atoms with Gasteiger partial charge in [0.1, 0.15) is 0 Å². The van der Waals surface area contributed by atoms with E-state index in [9.17, 15) is 4.79 Å². The Morgan fingerprint density at radius 1 is 1.24 bits per heavy atom. The van der Waals surface area contributed by atoms with Gasteiger partial charge in [-0.25, -0.2) is 0 Å². The van der Waals surface area contributed by atoms with E-state index in [4.69, 9.17) is 20.4 Å². The van der Waals surface area contributed by atoms with Crippen molar-refractivity contribution in [3.05, 3.63) is 58.8 Å². The van der Waals surface area contributed by atoms with Gasteiger partial charge in [0.15, 0.2) is 5.76 Å². The SMILES string of the molecule is CCCN(Cc1nnc(-c2ccccc2Cl)o1)C(=O)c1occc1C. The molecule has 0 aliphatic heterocycles. The molecular weight excluding hydrogens is 342 g/mol. The van der Waals surface area contributed by atoms with E-state index < -0.39 is 0 Å². The van der Waals surface area contributed by atoms with Crippen LogP contribution in [0.1, 0.15) is 35.4 Å². The number of carbonyl (C=O) groups is 1. The number of hydrogen-bond donors (Lipinski definition) is 0. The minimum atomic E-state index is -0.193. The van der Waals surface area contributed by atoms with Crippen LogP contribution in [0.3, 0.4) is 0 Å². The second-order valence-corrected chi connectivity index (χ2v) is 6.05. The number of benzene rings is 1. The van der Waals surface area contributed by atoms with E-state index in [2.05, 4.69) is 10.2 Å². The molecule has 1 amide bonds. The van der Waals surface area contributed by atoms with Gasteiger partial charge in [-0.2, -0.15) is 0 Å². The number of aromatic nitrogens is 2. The maximum atomic E-state index is 12.7. The van der Waals surface area contributed by atoms with Crippen molar-refractivity contribution < 1.29 is 13.6 Å². The Labute approximate surface area is 150 Å². The summed E-state index contributed by atoms with van der Waals surface area (Å²) in [5.74, 6) is 0.820. The number of nitrogens with zero attached hydrogens (tertiary/aromatic N) is 3. The number of aryl methyl sites for hydroxylation is 1. The maximum Gasteiger partial charge on any atom is 0.290 e. The molecule has 0 aliphatic carbocycles. The predicted molar refractivity (Wildman–Crippen MR) is 93.2 cm³/mol. The van der Waals surface area contributed by atoms with E-state index in [-0.39, 0.29) is 12.5 Å². The Morgan fingerprint density at radius 2 is 2.04 bits per heavy atom. The summed E-state index contributed by atoms with van der Waals surface area (Å²) < 4.78 is 11.0. The molecule has 1 aromatic carbocycles. The van der Waals surface area contributed by atoms with Gasteiger partial charge in [-0.05, 0) is 31.5 Å². The average Bonchev–Trinajstić information content (AvgIpc) is 3.23. The van der Waals surface area contributed by atoms with Crippen LogP contribution in [-0.2, 0) is 6.54 Å². The second-order valence-electron chi connectivity index (χ2n) is 5.64. The molecule has 7 heteroatoms. The van der Waals surface area contributed by atoms with Gasteiger partial charge in [0.05, 0.1) is 23.4 Å². The molecule has 0 spiro atoms. The minimum Gasteiger partial charge on any atom is -0.459 e. The molecule has 0 saturated carbocycles. The van der Waals surface area contributed by atoms with Crippen molar-refractivity contribution in [1.82, 2.24) is 15.1 Å². The van der Waals surface area contributed by atoms with Crippen molar-refractivity contribution in [3.8, 4) is 11.5 Å². The Balaban J connectivity index is 1.81. The van der Waals surface area contributed by atoms with Gasteiger partial charge in [0, 0.05) is 12.1 Å². The molecule has 0 atom stereocenters. The quantitative estimate of drug-likeness (QED) is 0.654. The van der Waals surface area contributed by atoms with Crippen LogP contribution >= 0.6 is 11.6 Å². The summed E-state index contributed by atoms with van der Waals surface area (Å²) in [5, 5.41) is 8.61. The molecule has 25 heavy (non-hydrogen) atoms. The highest BCUT2D eigenvalue weighted by molar-refractivity contribution is 6.33. The van der Waals surface area contributed by atoms with Gasteiger partial charge in [-0.3, -0.25) is 4.79 Å². The topological polar surface area (TPSA) is 72.4 Å². The van der Waals surface area contributed by atoms with Gasteiger partial charge in [-0.1, -0.05) is 30.7 Å². The van der Waals surface area contributed by atoms with Crippen molar-refractivity contribution in [1.29, 1.82) is 0 Å². The third-order valence-corrected chi connectivity index (χ3v) is 4.06. The van der Waals surface area contributed by atoms with Crippen LogP contribution in [0, 0.1) is 6.92 Å². The minimum absolute atomic E-state index is 0.193. The van der Waals surface area contributed by atoms with Crippen LogP contribution in [0.4, 0.5) is 0 Å². The lowest BCUT2D eigenvalue weighted by atomic mass is 10.2. The first kappa shape index (κ1) is 17.2. The van der Waals surface area contributed by atoms with Gasteiger partial charge < -0.3 is 13.7 Å². The largest absolute Gasteiger partial charge is 0.459 e. The van der Waals surface area contributed by atoms with E-state index in [1.54, 1.807) is 23.1 Å². The zero-order valence-corrected chi connectivity index (χ0v) is 14.8. The van der Waals surface area contributed by atoms with Crippen LogP contribution in [0.5, 0.6) is 0 Å². The molecule has 2 aromatic heterocycles. The van der Waals surface area contributed by atoms with Crippen LogP contribution < -0.4 is 0 Å². The van der Waals surface area contributed by atoms with Crippen LogP contribution in [0.25, 0.3) is 11.5 Å². The van der Waals surface area contributed by atoms with Crippen molar-refractivity contribution in [2.24, 2.45) is 0 Å². The number of carbonyl (C=O) groups excluding carboxylic acids is 1. The van der Waals surface area contributed by atoms with E-state index >= 15 is 0 Å². The predicted octanol–water partition coefficient (Wildman–Crippen LogP) is 4.34. The highest BCUT2D eigenvalue weighted by Crippen LogP contribution is 2.26. The highest BCUT2D eigenvalue weighted by Gasteiger charge is 2.22. The molecule has 0 unspecified atom stereocenters. The second kappa shape index (κ2) is 7.53. The summed E-state index contributed by atoms with van der Waals surface area (Å²) in [6.45, 7) is 4.61. The Morgan fingerprint density at radius 3 is 2.72 bits per heavy atom. The lowest BCUT2D eigenvalue weighted by Gasteiger charge is -2.19. The summed E-state index contributed by atoms with van der Waals surface area (Å²) in [7, 11) is 0. The fraction of sp³-hybridized carbons (Fsp3) is 0.278. The number of furan rings is 1. The maximum absolute atomic E-state index is 12.7. The zero-order chi connectivity index (χ0) is 17.8. The van der Waals surface area contributed by atoms with E-state index in [0.29, 0.717) is 34.7 Å². The first-order valence-electron chi connectivity index (χ1n) is 8.00. The van der Waals surface area contributed by atoms with Crippen LogP contribution in [0.15, 0.2) is 45.4 Å². The Bertz CT molecular complexity index is 872. The van der Waals surface area contributed by atoms with E-state index in [1.807, 2.05) is 26.0 Å². The molecule has 0 saturated heterocycles. The lowest BCUT2D eigenvalue weighted by molar-refractivity contribution is 0.0695. The third kappa shape index (κ3) is 3.74. The summed E-state index contributed by atoms with van der Waals surface area (Å²) in [6, 6.07) is 9.00. The smallest absolute Gasteiger partial charge is 0.290 e. The molecule has 0 radical (unpaired) electrons. The van der Waals surface area contributed by atoms with Crippen molar-refractivity contribution >= 4 is 17.5 Å². The van der Waals surface area contributed by atoms with Crippen molar-refractivity contribution in [3.63, 3.8) is 0 Å². The van der Waals surface area contributed by atoms with Gasteiger partial charge in [-0.15, -0.1) is 10.2 Å². The third-order valence-electron chi connectivity index (χ3n) is 3.73. The summed E-state index contributed by atoms with van der Waals surface area (Å²) in [6.07, 6.45) is 2.31. The summed E-state index contributed by atoms with van der Waals surface area (Å²) in [4.78, 5) is 14.3. The molecular formula is C18H18ClN3O3. The molecule has 130 valence electrons. The molecule has 3 aromatic rings. The molecule has 3 rings (SSSR count). The molecule has 0 N–H and O–H groups in total. The highest BCUT2D eigenvalue weighted by atomic mass is 35.5. The molecule has 6 nitrogen and oxygen atoms in total. The van der Waals surface area contributed by atoms with Gasteiger partial charge >= 0.3 is 0 Å². The first-order valence-corrected chi connectivity index (χ1v) is 8.38. The Hall–Kier alpha value is -2.60. The van der Waals surface area contributed by atoms with E-state index in [1.165, 1.54) is 6.26 Å². The summed E-state index contributed by atoms with van der Waals surface area (Å²) >= 11 is 6.15. The van der Waals surface area contributed by atoms with Crippen LogP contribution in [0.2, 0.25) is 5.02 Å². The lowest BCUT2D eigenvalue weighted by Crippen LogP contribution is -2.31. The molecule has 0 aliphatic rings. The number of halogens is 1. The van der Waals surface area contributed by atoms with Crippen LogP contribution in [-0.4, -0.2) is 27.5 Å². The number of amides is 1. The molecule has 2 heterocycles. The normalized spacial score (nSPS) is 10.8. The fourth-order valence-corrected chi connectivity index (χ4v) is 2.70. The van der Waals surface area contributed by atoms with Gasteiger partial charge in [0.2, 0.25) is 11.8 Å². The summed E-state index contributed by atoms with van der Waals surface area (Å²) in [5.41, 5.74) is 1.46. The fourth-order valence-electron chi connectivity index (χ4n) is 2.48. The first-order chi connectivity index (χ1) is 12.1. The number of rotatable bonds is 6. The van der Waals surface area contributed by atoms with Crippen molar-refractivity contribution in [2.75, 3.05) is 6.54 Å². The van der Waals surface area contributed by atoms with Crippen molar-refractivity contribution in [2.45, 2.75) is 26.8 Å². The van der Waals surface area contributed by atoms with E-state index in [0.717, 1.165) is 12.0 Å².